The van der Waals surface area contributed by atoms with Crippen LogP contribution in [-0.4, -0.2) is 230 Å². The molecule has 0 saturated carbocycles. The molecule has 5 aromatic rings. The number of nitrogens with two attached hydrogens (primary N) is 1. The Balaban J connectivity index is 0.000000199. The highest BCUT2D eigenvalue weighted by Gasteiger charge is 2.53. The van der Waals surface area contributed by atoms with Gasteiger partial charge in [-0.25, -0.2) is 75.4 Å². The fourth-order valence-electron chi connectivity index (χ4n) is 9.34. The van der Waals surface area contributed by atoms with Crippen molar-refractivity contribution in [2.24, 2.45) is 0 Å². The summed E-state index contributed by atoms with van der Waals surface area (Å²) in [6.07, 6.45) is -10.1. The topological polar surface area (TPSA) is 361 Å². The molecule has 5 aliphatic heterocycles. The average molecular weight is 1580 g/mol. The fraction of sp³-hybridized carbons (Fsp3) is 0.651. The molecular weight excluding hydrogens is 1490 g/mol. The molecule has 0 spiro atoms. The van der Waals surface area contributed by atoms with E-state index < -0.39 is 113 Å². The molecule has 5 saturated heterocycles. The molecule has 0 aromatic carbocycles. The molecule has 105 heavy (non-hydrogen) atoms. The smallest absolute Gasteiger partial charge is 0.443 e. The number of alkyl halides is 6. The van der Waals surface area contributed by atoms with Crippen LogP contribution in [0.3, 0.4) is 0 Å². The van der Waals surface area contributed by atoms with Crippen molar-refractivity contribution < 1.29 is 92.7 Å². The molecule has 5 aliphatic rings. The van der Waals surface area contributed by atoms with Gasteiger partial charge in [0.25, 0.3) is 19.3 Å². The number of hydrogen-bond acceptors (Lipinski definition) is 31. The molecule has 0 radical (unpaired) electrons. The van der Waals surface area contributed by atoms with Gasteiger partial charge in [-0.2, -0.15) is 29.9 Å². The summed E-state index contributed by atoms with van der Waals surface area (Å²) in [4.78, 5) is 108. The van der Waals surface area contributed by atoms with Crippen LogP contribution in [0.1, 0.15) is 147 Å². The third-order valence-electron chi connectivity index (χ3n) is 14.9. The highest BCUT2D eigenvalue weighted by atomic mass is 79.9. The maximum atomic E-state index is 14.0. The largest absolute Gasteiger partial charge is 0.498 e. The molecule has 578 valence electrons. The number of hydrogen-bond donors (Lipinski definition) is 1. The van der Waals surface area contributed by atoms with Gasteiger partial charge in [0.05, 0.1) is 74.1 Å². The summed E-state index contributed by atoms with van der Waals surface area (Å²) in [6, 6.07) is 0. The fourth-order valence-corrected chi connectivity index (χ4v) is 9.85. The minimum atomic E-state index is -3.07. The molecule has 5 aromatic heterocycles. The first-order valence-electron chi connectivity index (χ1n) is 33.1. The quantitative estimate of drug-likeness (QED) is 0.0729. The summed E-state index contributed by atoms with van der Waals surface area (Å²) in [5, 5.41) is 0.234. The van der Waals surface area contributed by atoms with Gasteiger partial charge >= 0.3 is 31.5 Å². The predicted octanol–water partition coefficient (Wildman–Crippen LogP) is 9.96. The van der Waals surface area contributed by atoms with E-state index in [9.17, 15) is 45.5 Å². The maximum absolute atomic E-state index is 14.0. The second-order valence-corrected chi connectivity index (χ2v) is 29.6. The number of nitrogens with zero attached hydrogens (tertiary/aromatic N) is 18. The van der Waals surface area contributed by atoms with Crippen molar-refractivity contribution in [1.29, 1.82) is 0 Å². The molecule has 5 fully saturated rings. The number of carbonyl (C=O) groups excluding carboxylic acids is 4. The zero-order chi connectivity index (χ0) is 77.7. The van der Waals surface area contributed by atoms with Crippen molar-refractivity contribution in [2.45, 2.75) is 164 Å². The van der Waals surface area contributed by atoms with Gasteiger partial charge in [0.1, 0.15) is 39.5 Å². The Hall–Kier alpha value is -8.09. The van der Waals surface area contributed by atoms with Gasteiger partial charge in [0, 0.05) is 76.4 Å². The van der Waals surface area contributed by atoms with Crippen LogP contribution in [-0.2, 0) is 47.2 Å². The maximum Gasteiger partial charge on any atom is 0.498 e. The van der Waals surface area contributed by atoms with Crippen LogP contribution < -0.4 is 40.6 Å². The number of aromatic nitrogens is 12. The molecule has 2 N–H and O–H groups in total. The SMILES string of the molecule is CC(C)(C)OC(=O)N(C(=O)OC(C)(C)C)c1ncc(B2OC(C)(C)C(C)(C)O2)c(C(F)F)n1.CC(C)(C)OC(=O)N(C(=O)OC(C)(C)C)c1ncc(Br)c(C(F)F)n1.Clc1nc(N2CCOCC2)nc(N2CCOCC2)n1.Nc1ncc(-c2nc(N3CCOCC3)nc(N3CCOCC3)n2)c(C(F)F)n1. The summed E-state index contributed by atoms with van der Waals surface area (Å²) >= 11 is 8.91. The Kier molecular flexibility index (Phi) is 28.5. The zero-order valence-corrected chi connectivity index (χ0v) is 63.6. The van der Waals surface area contributed by atoms with E-state index >= 15 is 0 Å². The van der Waals surface area contributed by atoms with Crippen LogP contribution in [0.25, 0.3) is 11.4 Å². The summed E-state index contributed by atoms with van der Waals surface area (Å²) in [5.41, 5.74) is -1.89. The van der Waals surface area contributed by atoms with Gasteiger partial charge in [0.2, 0.25) is 46.9 Å². The Labute approximate surface area is 616 Å². The van der Waals surface area contributed by atoms with E-state index in [1.807, 2.05) is 9.80 Å². The van der Waals surface area contributed by atoms with Gasteiger partial charge in [-0.1, -0.05) is 0 Å². The molecular formula is C63H88BBrClF6N19O14. The van der Waals surface area contributed by atoms with Crippen molar-refractivity contribution in [2.75, 3.05) is 140 Å². The standard InChI is InChI=1S/C21H32BF2N3O6.C16H20F2N8O2.C15H20BrF2N3O4.C11H16ClN5O2/c1-18(2,3)30-16(28)27(17(29)31-19(4,5)6)15-25-11-12(13(26-15)14(23)24)22-32-20(7,8)21(9,10)33-22;17-12(18)11-10(9-20-14(19)21-11)13-22-15(25-1-5-27-6-2-25)24-16(23-13)26-3-7-28-8-4-26;1-14(2,3)24-12(22)21(13(23)25-15(4,5)6)11-19-7-8(16)9(20-11)10(17)18;12-9-13-10(16-1-5-18-6-2-16)15-11(14-9)17-3-7-19-8-4-17/h11,14H,1-10H3;9,12H,1-8H2,(H2,19,20,21);7,10H,1-6H3;1-8H2. The van der Waals surface area contributed by atoms with Gasteiger partial charge in [0.15, 0.2) is 5.82 Å². The Bertz CT molecular complexity index is 3640. The lowest BCUT2D eigenvalue weighted by Crippen LogP contribution is -2.45. The summed E-state index contributed by atoms with van der Waals surface area (Å²) in [5.74, 6) is 0.757. The minimum Gasteiger partial charge on any atom is -0.443 e. The number of anilines is 7. The first kappa shape index (κ1) is 84.2. The molecule has 0 bridgehead atoms. The van der Waals surface area contributed by atoms with Crippen LogP contribution >= 0.6 is 27.5 Å². The molecule has 10 heterocycles. The lowest BCUT2D eigenvalue weighted by Gasteiger charge is -2.32. The number of amides is 4. The molecule has 10 rings (SSSR count). The van der Waals surface area contributed by atoms with Crippen LogP contribution in [0.15, 0.2) is 23.1 Å². The Morgan fingerprint density at radius 1 is 0.476 bits per heavy atom. The normalized spacial score (nSPS) is 17.0. The third kappa shape index (κ3) is 24.5. The summed E-state index contributed by atoms with van der Waals surface area (Å²) in [7, 11) is -1.16. The van der Waals surface area contributed by atoms with E-state index in [1.165, 1.54) is 6.20 Å². The zero-order valence-electron chi connectivity index (χ0n) is 61.2. The first-order valence-corrected chi connectivity index (χ1v) is 34.3. The number of rotatable bonds is 11. The number of morpholine rings is 4. The van der Waals surface area contributed by atoms with Gasteiger partial charge in [-0.05, 0) is 138 Å². The summed E-state index contributed by atoms with van der Waals surface area (Å²) < 4.78 is 135. The third-order valence-corrected chi connectivity index (χ3v) is 15.7. The summed E-state index contributed by atoms with van der Waals surface area (Å²) in [6.45, 7) is 36.6. The first-order chi connectivity index (χ1) is 48.9. The molecule has 33 nitrogen and oxygen atoms in total. The Morgan fingerprint density at radius 2 is 0.790 bits per heavy atom. The minimum absolute atomic E-state index is 0.0376. The second kappa shape index (κ2) is 35.5. The van der Waals surface area contributed by atoms with Crippen LogP contribution in [0.5, 0.6) is 0 Å². The molecule has 0 aliphatic carbocycles. The van der Waals surface area contributed by atoms with E-state index in [0.29, 0.717) is 113 Å². The number of ether oxygens (including phenoxy) is 8. The van der Waals surface area contributed by atoms with Crippen molar-refractivity contribution in [3.63, 3.8) is 0 Å². The molecule has 0 unspecified atom stereocenters. The van der Waals surface area contributed by atoms with Gasteiger partial charge in [-0.3, -0.25) is 0 Å². The lowest BCUT2D eigenvalue weighted by atomic mass is 9.79. The molecule has 42 heteroatoms. The lowest BCUT2D eigenvalue weighted by molar-refractivity contribution is 0.00578. The van der Waals surface area contributed by atoms with E-state index in [0.717, 1.165) is 38.6 Å². The monoisotopic (exact) mass is 1570 g/mol. The van der Waals surface area contributed by atoms with Gasteiger partial charge in [-0.15, -0.1) is 9.80 Å². The van der Waals surface area contributed by atoms with Crippen LogP contribution in [0.2, 0.25) is 5.28 Å². The number of carbonyl (C=O) groups is 4. The van der Waals surface area contributed by atoms with Crippen molar-refractivity contribution in [1.82, 2.24) is 59.8 Å². The van der Waals surface area contributed by atoms with E-state index in [2.05, 4.69) is 85.5 Å². The number of nitrogen functional groups attached to an aromatic ring is 1. The number of halogens is 8. The van der Waals surface area contributed by atoms with Crippen LogP contribution in [0.4, 0.5) is 87.2 Å². The Morgan fingerprint density at radius 3 is 1.11 bits per heavy atom. The molecule has 4 amide bonds. The second-order valence-electron chi connectivity index (χ2n) is 28.4. The van der Waals surface area contributed by atoms with E-state index in [4.69, 9.17) is 64.5 Å². The van der Waals surface area contributed by atoms with Gasteiger partial charge < -0.3 is 72.5 Å². The molecule has 0 atom stereocenters. The van der Waals surface area contributed by atoms with Crippen molar-refractivity contribution in [3.8, 4) is 11.4 Å². The van der Waals surface area contributed by atoms with Crippen molar-refractivity contribution in [3.05, 3.63) is 45.4 Å². The van der Waals surface area contributed by atoms with E-state index in [-0.39, 0.29) is 32.6 Å². The van der Waals surface area contributed by atoms with E-state index in [1.54, 1.807) is 111 Å². The highest BCUT2D eigenvalue weighted by Crippen LogP contribution is 2.38. The number of imide groups is 2. The highest BCUT2D eigenvalue weighted by molar-refractivity contribution is 9.10. The van der Waals surface area contributed by atoms with Crippen LogP contribution in [0, 0.1) is 0 Å². The predicted molar refractivity (Wildman–Crippen MR) is 374 cm³/mol. The van der Waals surface area contributed by atoms with Crippen molar-refractivity contribution >= 4 is 106 Å². The average Bonchev–Trinajstić information content (AvgIpc) is 1.63.